The maximum absolute atomic E-state index is 14.8. The Balaban J connectivity index is 1.64. The van der Waals surface area contributed by atoms with Crippen LogP contribution in [-0.4, -0.2) is 20.9 Å². The van der Waals surface area contributed by atoms with Gasteiger partial charge in [0.1, 0.15) is 0 Å². The van der Waals surface area contributed by atoms with Crippen LogP contribution < -0.4 is 5.73 Å². The van der Waals surface area contributed by atoms with Crippen molar-refractivity contribution in [3.63, 3.8) is 0 Å². The molecular formula is C20H24ClFN4. The van der Waals surface area contributed by atoms with Gasteiger partial charge in [0.2, 0.25) is 0 Å². The van der Waals surface area contributed by atoms with Crippen LogP contribution in [0.1, 0.15) is 50.1 Å². The van der Waals surface area contributed by atoms with Gasteiger partial charge in [0.05, 0.1) is 22.4 Å². The monoisotopic (exact) mass is 374 g/mol. The summed E-state index contributed by atoms with van der Waals surface area (Å²) in [4.78, 5) is 0. The Morgan fingerprint density at radius 2 is 2.00 bits per heavy atom. The van der Waals surface area contributed by atoms with Crippen LogP contribution in [0.25, 0.3) is 16.6 Å². The molecule has 0 radical (unpaired) electrons. The van der Waals surface area contributed by atoms with Crippen molar-refractivity contribution in [1.29, 1.82) is 0 Å². The van der Waals surface area contributed by atoms with Crippen molar-refractivity contribution in [2.75, 3.05) is 6.54 Å². The van der Waals surface area contributed by atoms with Gasteiger partial charge in [0.25, 0.3) is 0 Å². The first-order valence-corrected chi connectivity index (χ1v) is 9.79. The van der Waals surface area contributed by atoms with E-state index in [1.807, 2.05) is 27.7 Å². The van der Waals surface area contributed by atoms with Crippen LogP contribution in [0.2, 0.25) is 5.02 Å². The number of nitrogens with two attached hydrogens (primary N) is 1. The zero-order valence-electron chi connectivity index (χ0n) is 14.8. The fraction of sp³-hybridized carbons (Fsp3) is 0.450. The van der Waals surface area contributed by atoms with Crippen LogP contribution in [-0.2, 0) is 6.54 Å². The van der Waals surface area contributed by atoms with Gasteiger partial charge in [-0.1, -0.05) is 30.5 Å². The number of rotatable bonds is 8. The SMILES string of the molecule is NCCCCCCn1cc(-n2c(C3CC3)cc3ccc(Cl)c(F)c32)cn1. The molecule has 1 aromatic carbocycles. The van der Waals surface area contributed by atoms with Crippen molar-refractivity contribution in [2.45, 2.75) is 51.0 Å². The fourth-order valence-electron chi connectivity index (χ4n) is 3.57. The van der Waals surface area contributed by atoms with Gasteiger partial charge in [-0.25, -0.2) is 4.39 Å². The van der Waals surface area contributed by atoms with Gasteiger partial charge in [-0.05, 0) is 50.3 Å². The van der Waals surface area contributed by atoms with E-state index in [2.05, 4.69) is 11.2 Å². The summed E-state index contributed by atoms with van der Waals surface area (Å²) < 4.78 is 18.7. The largest absolute Gasteiger partial charge is 0.330 e. The Morgan fingerprint density at radius 3 is 2.77 bits per heavy atom. The van der Waals surface area contributed by atoms with Crippen LogP contribution in [0.15, 0.2) is 30.6 Å². The summed E-state index contributed by atoms with van der Waals surface area (Å²) in [7, 11) is 0. The second-order valence-corrected chi connectivity index (χ2v) is 7.55. The first kappa shape index (κ1) is 17.6. The number of aromatic nitrogens is 3. The number of nitrogens with zero attached hydrogens (tertiary/aromatic N) is 3. The van der Waals surface area contributed by atoms with E-state index >= 15 is 0 Å². The standard InChI is InChI=1S/C20H24ClFN4/c21-17-8-7-15-11-18(14-5-6-14)26(20(15)19(17)22)16-12-24-25(13-16)10-4-2-1-3-9-23/h7-8,11-14H,1-6,9-10,23H2. The molecule has 2 aromatic heterocycles. The van der Waals surface area contributed by atoms with Gasteiger partial charge in [-0.15, -0.1) is 0 Å². The van der Waals surface area contributed by atoms with Crippen molar-refractivity contribution in [2.24, 2.45) is 5.73 Å². The van der Waals surface area contributed by atoms with Crippen molar-refractivity contribution >= 4 is 22.5 Å². The number of halogens is 2. The molecule has 26 heavy (non-hydrogen) atoms. The van der Waals surface area contributed by atoms with Crippen molar-refractivity contribution < 1.29 is 4.39 Å². The molecule has 0 aliphatic heterocycles. The lowest BCUT2D eigenvalue weighted by molar-refractivity contribution is 0.537. The van der Waals surface area contributed by atoms with Crippen molar-refractivity contribution in [1.82, 2.24) is 14.3 Å². The summed E-state index contributed by atoms with van der Waals surface area (Å²) in [5, 5.41) is 5.54. The third kappa shape index (κ3) is 3.38. The highest BCUT2D eigenvalue weighted by molar-refractivity contribution is 6.31. The molecule has 1 fully saturated rings. The fourth-order valence-corrected chi connectivity index (χ4v) is 3.72. The molecule has 0 atom stereocenters. The van der Waals surface area contributed by atoms with Crippen LogP contribution in [0.3, 0.4) is 0 Å². The predicted molar refractivity (Wildman–Crippen MR) is 104 cm³/mol. The van der Waals surface area contributed by atoms with Gasteiger partial charge >= 0.3 is 0 Å². The minimum absolute atomic E-state index is 0.159. The Labute approximate surface area is 157 Å². The summed E-state index contributed by atoms with van der Waals surface area (Å²) >= 11 is 6.05. The number of fused-ring (bicyclic) bond motifs is 1. The summed E-state index contributed by atoms with van der Waals surface area (Å²) in [5.41, 5.74) is 8.15. The molecule has 0 spiro atoms. The van der Waals surface area contributed by atoms with E-state index in [-0.39, 0.29) is 10.8 Å². The lowest BCUT2D eigenvalue weighted by Crippen LogP contribution is -2.01. The number of hydrogen-bond donors (Lipinski definition) is 1. The van der Waals surface area contributed by atoms with Crippen LogP contribution in [0.4, 0.5) is 4.39 Å². The Kier molecular flexibility index (Phi) is 5.00. The number of benzene rings is 1. The molecule has 1 saturated carbocycles. The lowest BCUT2D eigenvalue weighted by Gasteiger charge is -2.09. The lowest BCUT2D eigenvalue weighted by atomic mass is 10.2. The average Bonchev–Trinajstić information content (AvgIpc) is 3.25. The molecule has 3 aromatic rings. The first-order valence-electron chi connectivity index (χ1n) is 9.41. The quantitative estimate of drug-likeness (QED) is 0.563. The summed E-state index contributed by atoms with van der Waals surface area (Å²) in [6.07, 6.45) is 10.6. The van der Waals surface area contributed by atoms with Crippen molar-refractivity contribution in [3.05, 3.63) is 47.1 Å². The van der Waals surface area contributed by atoms with Crippen LogP contribution in [0.5, 0.6) is 0 Å². The van der Waals surface area contributed by atoms with Gasteiger partial charge < -0.3 is 10.3 Å². The van der Waals surface area contributed by atoms with E-state index in [0.717, 1.165) is 68.4 Å². The topological polar surface area (TPSA) is 48.8 Å². The second kappa shape index (κ2) is 7.41. The normalized spacial score (nSPS) is 14.4. The molecule has 0 saturated heterocycles. The molecule has 6 heteroatoms. The number of hydrogen-bond acceptors (Lipinski definition) is 2. The van der Waals surface area contributed by atoms with E-state index in [9.17, 15) is 4.39 Å². The first-order chi connectivity index (χ1) is 12.7. The molecule has 4 rings (SSSR count). The maximum Gasteiger partial charge on any atom is 0.166 e. The van der Waals surface area contributed by atoms with Gasteiger partial charge in [-0.3, -0.25) is 4.68 Å². The van der Waals surface area contributed by atoms with Gasteiger partial charge in [0, 0.05) is 23.8 Å². The predicted octanol–water partition coefficient (Wildman–Crippen LogP) is 5.02. The highest BCUT2D eigenvalue weighted by Crippen LogP contribution is 2.44. The van der Waals surface area contributed by atoms with E-state index in [1.165, 1.54) is 0 Å². The minimum Gasteiger partial charge on any atom is -0.330 e. The van der Waals surface area contributed by atoms with E-state index in [0.29, 0.717) is 11.4 Å². The molecule has 4 nitrogen and oxygen atoms in total. The Morgan fingerprint density at radius 1 is 1.19 bits per heavy atom. The third-order valence-electron chi connectivity index (χ3n) is 5.10. The van der Waals surface area contributed by atoms with E-state index in [4.69, 9.17) is 17.3 Å². The molecule has 1 aliphatic rings. The molecule has 2 N–H and O–H groups in total. The summed E-state index contributed by atoms with van der Waals surface area (Å²) in [6.45, 7) is 1.62. The number of unbranched alkanes of at least 4 members (excludes halogenated alkanes) is 3. The zero-order valence-corrected chi connectivity index (χ0v) is 15.6. The molecular weight excluding hydrogens is 351 g/mol. The molecule has 0 amide bonds. The highest BCUT2D eigenvalue weighted by Gasteiger charge is 2.30. The molecule has 0 unspecified atom stereocenters. The minimum atomic E-state index is -0.356. The average molecular weight is 375 g/mol. The smallest absolute Gasteiger partial charge is 0.166 e. The van der Waals surface area contributed by atoms with Gasteiger partial charge in [-0.2, -0.15) is 5.10 Å². The Hall–Kier alpha value is -1.85. The Bertz CT molecular complexity index is 910. The zero-order chi connectivity index (χ0) is 18.1. The van der Waals surface area contributed by atoms with Gasteiger partial charge in [0.15, 0.2) is 5.82 Å². The summed E-state index contributed by atoms with van der Waals surface area (Å²) in [5.74, 6) is 0.144. The van der Waals surface area contributed by atoms with E-state index in [1.54, 1.807) is 6.07 Å². The van der Waals surface area contributed by atoms with Crippen molar-refractivity contribution in [3.8, 4) is 5.69 Å². The molecule has 2 heterocycles. The second-order valence-electron chi connectivity index (χ2n) is 7.14. The highest BCUT2D eigenvalue weighted by atomic mass is 35.5. The third-order valence-corrected chi connectivity index (χ3v) is 5.39. The molecule has 0 bridgehead atoms. The van der Waals surface area contributed by atoms with E-state index < -0.39 is 0 Å². The maximum atomic E-state index is 14.8. The molecule has 1 aliphatic carbocycles. The van der Waals surface area contributed by atoms with Crippen LogP contribution in [0, 0.1) is 5.82 Å². The van der Waals surface area contributed by atoms with Crippen LogP contribution >= 0.6 is 11.6 Å². The molecule has 138 valence electrons. The summed E-state index contributed by atoms with van der Waals surface area (Å²) in [6, 6.07) is 5.62. The number of aryl methyl sites for hydroxylation is 1.